The standard InChI is InChI=1S/C47H82N2O5/c1-3-5-7-9-11-13-15-17-18-20-21-23-25-28-32-37-43(38-33-29-27-30-34-40-45(50)49-44(47(52)53)39-36-42-48)54-46(51)41-35-31-26-24-22-19-16-14-12-10-8-6-4-2/h6,8,12,14-15,17,19-22,43-44H,3-5,7,9-11,13,16,18,23-42,48H2,1-2H3,(H,49,50)(H,52,53)/b8-6-,14-12-,17-15-,21-20-,22-19-. The number of allylic oxidation sites excluding steroid dienone is 10. The van der Waals surface area contributed by atoms with Crippen molar-refractivity contribution in [2.24, 2.45) is 5.73 Å². The zero-order valence-electron chi connectivity index (χ0n) is 34.8. The molecule has 0 saturated carbocycles. The van der Waals surface area contributed by atoms with Crippen LogP contribution < -0.4 is 11.1 Å². The lowest BCUT2D eigenvalue weighted by atomic mass is 10.0. The van der Waals surface area contributed by atoms with Gasteiger partial charge in [-0.05, 0) is 122 Å². The van der Waals surface area contributed by atoms with Gasteiger partial charge in [-0.25, -0.2) is 4.79 Å². The number of carbonyl (C=O) groups is 3. The molecule has 0 rings (SSSR count). The predicted octanol–water partition coefficient (Wildman–Crippen LogP) is 12.6. The minimum absolute atomic E-state index is 0.0270. The Balaban J connectivity index is 4.46. The molecule has 0 bridgehead atoms. The lowest BCUT2D eigenvalue weighted by Crippen LogP contribution is -2.40. The number of ether oxygens (including phenoxy) is 1. The first-order valence-electron chi connectivity index (χ1n) is 22.1. The van der Waals surface area contributed by atoms with Crippen molar-refractivity contribution in [3.63, 3.8) is 0 Å². The van der Waals surface area contributed by atoms with Gasteiger partial charge in [0.25, 0.3) is 0 Å². The summed E-state index contributed by atoms with van der Waals surface area (Å²) in [6, 6.07) is -0.864. The van der Waals surface area contributed by atoms with Gasteiger partial charge in [0.15, 0.2) is 0 Å². The average Bonchev–Trinajstić information content (AvgIpc) is 3.16. The number of nitrogens with two attached hydrogens (primary N) is 1. The number of hydrogen-bond donors (Lipinski definition) is 3. The van der Waals surface area contributed by atoms with E-state index in [0.717, 1.165) is 122 Å². The van der Waals surface area contributed by atoms with Crippen molar-refractivity contribution in [3.8, 4) is 0 Å². The first-order valence-corrected chi connectivity index (χ1v) is 22.1. The number of hydrogen-bond acceptors (Lipinski definition) is 5. The van der Waals surface area contributed by atoms with Gasteiger partial charge in [0.2, 0.25) is 5.91 Å². The molecular formula is C47H82N2O5. The van der Waals surface area contributed by atoms with Gasteiger partial charge in [-0.2, -0.15) is 0 Å². The Bertz CT molecular complexity index is 1030. The van der Waals surface area contributed by atoms with Crippen LogP contribution in [0.15, 0.2) is 60.8 Å². The molecule has 7 heteroatoms. The highest BCUT2D eigenvalue weighted by molar-refractivity contribution is 5.83. The van der Waals surface area contributed by atoms with Gasteiger partial charge in [0, 0.05) is 12.8 Å². The molecule has 0 radical (unpaired) electrons. The van der Waals surface area contributed by atoms with E-state index in [1.807, 2.05) is 0 Å². The van der Waals surface area contributed by atoms with Crippen molar-refractivity contribution in [2.75, 3.05) is 6.54 Å². The molecule has 0 aliphatic rings. The zero-order valence-corrected chi connectivity index (χ0v) is 34.8. The summed E-state index contributed by atoms with van der Waals surface area (Å²) < 4.78 is 6.02. The van der Waals surface area contributed by atoms with Crippen molar-refractivity contribution >= 4 is 17.8 Å². The molecule has 0 aromatic heterocycles. The maximum absolute atomic E-state index is 12.8. The first kappa shape index (κ1) is 51.1. The summed E-state index contributed by atoms with van der Waals surface area (Å²) in [6.45, 7) is 4.81. The average molecular weight is 755 g/mol. The molecule has 7 nitrogen and oxygen atoms in total. The van der Waals surface area contributed by atoms with Crippen molar-refractivity contribution in [1.82, 2.24) is 5.32 Å². The Labute approximate surface area is 331 Å². The Morgan fingerprint density at radius 2 is 1.02 bits per heavy atom. The summed E-state index contributed by atoms with van der Waals surface area (Å²) in [5, 5.41) is 11.9. The Hall–Kier alpha value is -2.93. The van der Waals surface area contributed by atoms with Gasteiger partial charge in [-0.15, -0.1) is 0 Å². The number of amides is 1. The number of carbonyl (C=O) groups excluding carboxylic acids is 2. The quantitative estimate of drug-likeness (QED) is 0.0327. The number of aliphatic carboxylic acids is 1. The molecule has 0 saturated heterocycles. The molecule has 0 fully saturated rings. The largest absolute Gasteiger partial charge is 0.480 e. The van der Waals surface area contributed by atoms with Crippen LogP contribution in [0.4, 0.5) is 0 Å². The van der Waals surface area contributed by atoms with E-state index >= 15 is 0 Å². The number of esters is 1. The van der Waals surface area contributed by atoms with E-state index in [0.29, 0.717) is 32.2 Å². The summed E-state index contributed by atoms with van der Waals surface area (Å²) in [6.07, 6.45) is 51.2. The molecule has 0 spiro atoms. The molecule has 0 aromatic rings. The lowest BCUT2D eigenvalue weighted by Gasteiger charge is -2.18. The van der Waals surface area contributed by atoms with E-state index in [1.54, 1.807) is 0 Å². The van der Waals surface area contributed by atoms with Crippen LogP contribution in [-0.2, 0) is 19.1 Å². The first-order chi connectivity index (χ1) is 26.4. The van der Waals surface area contributed by atoms with Gasteiger partial charge in [-0.1, -0.05) is 132 Å². The highest BCUT2D eigenvalue weighted by Crippen LogP contribution is 2.18. The number of carboxylic acids is 1. The van der Waals surface area contributed by atoms with Crippen molar-refractivity contribution in [1.29, 1.82) is 0 Å². The van der Waals surface area contributed by atoms with Crippen molar-refractivity contribution in [3.05, 3.63) is 60.8 Å². The summed E-state index contributed by atoms with van der Waals surface area (Å²) in [5.74, 6) is -1.28. The molecule has 310 valence electrons. The van der Waals surface area contributed by atoms with E-state index in [-0.39, 0.29) is 18.0 Å². The minimum atomic E-state index is -1.01. The Kier molecular flexibility index (Phi) is 39.0. The molecule has 0 aromatic carbocycles. The van der Waals surface area contributed by atoms with Crippen LogP contribution in [0.3, 0.4) is 0 Å². The third-order valence-electron chi connectivity index (χ3n) is 9.57. The number of rotatable bonds is 39. The fourth-order valence-corrected chi connectivity index (χ4v) is 6.26. The SMILES string of the molecule is CC/C=C\C/C=C\C/C=C\CCCCCC(=O)OC(CCCCC/C=C\C/C=C\CCCCCCC)CCCCCCCC(=O)NC(CCCN)C(=O)O. The van der Waals surface area contributed by atoms with E-state index in [2.05, 4.69) is 79.9 Å². The molecule has 1 amide bonds. The molecule has 0 aliphatic heterocycles. The van der Waals surface area contributed by atoms with E-state index in [4.69, 9.17) is 10.5 Å². The second-order valence-corrected chi connectivity index (χ2v) is 14.7. The number of nitrogens with one attached hydrogen (secondary N) is 1. The maximum atomic E-state index is 12.8. The monoisotopic (exact) mass is 755 g/mol. The smallest absolute Gasteiger partial charge is 0.326 e. The second kappa shape index (κ2) is 41.2. The maximum Gasteiger partial charge on any atom is 0.326 e. The highest BCUT2D eigenvalue weighted by Gasteiger charge is 2.19. The summed E-state index contributed by atoms with van der Waals surface area (Å²) >= 11 is 0. The molecule has 2 atom stereocenters. The van der Waals surface area contributed by atoms with Crippen LogP contribution in [0.5, 0.6) is 0 Å². The Morgan fingerprint density at radius 3 is 1.57 bits per heavy atom. The number of unbranched alkanes of at least 4 members (excludes halogenated alkanes) is 15. The molecule has 0 aliphatic carbocycles. The summed E-state index contributed by atoms with van der Waals surface area (Å²) in [5.41, 5.74) is 5.49. The zero-order chi connectivity index (χ0) is 39.6. The summed E-state index contributed by atoms with van der Waals surface area (Å²) in [4.78, 5) is 36.4. The third kappa shape index (κ3) is 37.4. The van der Waals surface area contributed by atoms with Gasteiger partial charge in [-0.3, -0.25) is 9.59 Å². The fraction of sp³-hybridized carbons (Fsp3) is 0.723. The molecular weight excluding hydrogens is 673 g/mol. The van der Waals surface area contributed by atoms with Crippen molar-refractivity contribution in [2.45, 2.75) is 212 Å². The fourth-order valence-electron chi connectivity index (χ4n) is 6.26. The molecule has 0 heterocycles. The van der Waals surface area contributed by atoms with Crippen LogP contribution in [0.2, 0.25) is 0 Å². The second-order valence-electron chi connectivity index (χ2n) is 14.7. The molecule has 2 unspecified atom stereocenters. The molecule has 4 N–H and O–H groups in total. The van der Waals surface area contributed by atoms with Gasteiger partial charge < -0.3 is 20.9 Å². The van der Waals surface area contributed by atoms with Crippen LogP contribution in [-0.4, -0.2) is 41.6 Å². The van der Waals surface area contributed by atoms with Crippen LogP contribution in [0.1, 0.15) is 200 Å². The van der Waals surface area contributed by atoms with Gasteiger partial charge >= 0.3 is 11.9 Å². The Morgan fingerprint density at radius 1 is 0.556 bits per heavy atom. The van der Waals surface area contributed by atoms with E-state index < -0.39 is 12.0 Å². The van der Waals surface area contributed by atoms with Gasteiger partial charge in [0.05, 0.1) is 0 Å². The van der Waals surface area contributed by atoms with E-state index in [9.17, 15) is 19.5 Å². The van der Waals surface area contributed by atoms with Crippen LogP contribution >= 0.6 is 0 Å². The van der Waals surface area contributed by atoms with E-state index in [1.165, 1.54) is 38.5 Å². The van der Waals surface area contributed by atoms with Gasteiger partial charge in [0.1, 0.15) is 12.1 Å². The van der Waals surface area contributed by atoms with Crippen LogP contribution in [0.25, 0.3) is 0 Å². The van der Waals surface area contributed by atoms with Crippen molar-refractivity contribution < 1.29 is 24.2 Å². The third-order valence-corrected chi connectivity index (χ3v) is 9.57. The summed E-state index contributed by atoms with van der Waals surface area (Å²) in [7, 11) is 0. The minimum Gasteiger partial charge on any atom is -0.480 e. The lowest BCUT2D eigenvalue weighted by molar-refractivity contribution is -0.150. The topological polar surface area (TPSA) is 119 Å². The highest BCUT2D eigenvalue weighted by atomic mass is 16.5. The van der Waals surface area contributed by atoms with Crippen LogP contribution in [0, 0.1) is 0 Å². The molecule has 54 heavy (non-hydrogen) atoms. The predicted molar refractivity (Wildman–Crippen MR) is 229 cm³/mol. The normalized spacial score (nSPS) is 13.2. The number of carboxylic acid groups (broad SMARTS) is 1.